The van der Waals surface area contributed by atoms with Crippen molar-refractivity contribution >= 4 is 27.6 Å². The number of nitrogens with two attached hydrogens (primary N) is 1. The predicted molar refractivity (Wildman–Crippen MR) is 112 cm³/mol. The van der Waals surface area contributed by atoms with Crippen molar-refractivity contribution in [2.24, 2.45) is 13.0 Å². The lowest BCUT2D eigenvalue weighted by Crippen LogP contribution is -2.61. The summed E-state index contributed by atoms with van der Waals surface area (Å²) < 4.78 is 9.48. The lowest BCUT2D eigenvalue weighted by Gasteiger charge is -2.62. The standard InChI is InChI=1S/C22H21N5O2/c1-26-9-16(18-19(23)24-11-25-20(18)26)13-3-4-14-15(5-13)21(28)27(10-17(14)29-2)22-6-12(7-22)8-22/h3-5,9-12H,6-8H2,1-2H3,(H2,23,24,25). The third kappa shape index (κ3) is 2.04. The number of fused-ring (bicyclic) bond motifs is 2. The Bertz CT molecular complexity index is 1370. The molecule has 3 aliphatic rings. The van der Waals surface area contributed by atoms with Crippen LogP contribution < -0.4 is 16.0 Å². The Balaban J connectivity index is 1.62. The molecular formula is C22H21N5O2. The normalized spacial score (nSPS) is 22.5. The molecule has 146 valence electrons. The average Bonchev–Trinajstić information content (AvgIpc) is 2.99. The molecule has 7 nitrogen and oxygen atoms in total. The molecule has 2 bridgehead atoms. The van der Waals surface area contributed by atoms with Crippen molar-refractivity contribution in [3.63, 3.8) is 0 Å². The fraction of sp³-hybridized carbons (Fsp3) is 0.318. The zero-order chi connectivity index (χ0) is 19.9. The van der Waals surface area contributed by atoms with Crippen molar-refractivity contribution < 1.29 is 4.74 Å². The molecular weight excluding hydrogens is 366 g/mol. The molecule has 0 atom stereocenters. The van der Waals surface area contributed by atoms with E-state index in [-0.39, 0.29) is 11.1 Å². The van der Waals surface area contributed by atoms with Gasteiger partial charge in [0.05, 0.1) is 24.1 Å². The first-order chi connectivity index (χ1) is 14.0. The number of benzene rings is 1. The summed E-state index contributed by atoms with van der Waals surface area (Å²) in [6.07, 6.45) is 8.63. The molecule has 0 radical (unpaired) electrons. The minimum Gasteiger partial charge on any atom is -0.495 e. The highest BCUT2D eigenvalue weighted by Gasteiger charge is 2.58. The molecule has 3 aliphatic carbocycles. The lowest BCUT2D eigenvalue weighted by molar-refractivity contribution is -0.0913. The number of aryl methyl sites for hydroxylation is 1. The Labute approximate surface area is 166 Å². The number of hydrogen-bond donors (Lipinski definition) is 1. The van der Waals surface area contributed by atoms with Gasteiger partial charge in [0.25, 0.3) is 5.56 Å². The Morgan fingerprint density at radius 1 is 1.17 bits per heavy atom. The second kappa shape index (κ2) is 5.37. The van der Waals surface area contributed by atoms with E-state index in [2.05, 4.69) is 9.97 Å². The molecule has 7 rings (SSSR count). The summed E-state index contributed by atoms with van der Waals surface area (Å²) in [6, 6.07) is 5.90. The summed E-state index contributed by atoms with van der Waals surface area (Å²) >= 11 is 0. The van der Waals surface area contributed by atoms with Gasteiger partial charge in [-0.2, -0.15) is 0 Å². The zero-order valence-corrected chi connectivity index (χ0v) is 16.3. The van der Waals surface area contributed by atoms with Crippen LogP contribution in [0.5, 0.6) is 5.75 Å². The SMILES string of the molecule is COc1cn(C23CC(C2)C3)c(=O)c2cc(-c3cn(C)c4ncnc(N)c34)ccc12. The highest BCUT2D eigenvalue weighted by molar-refractivity contribution is 6.02. The van der Waals surface area contributed by atoms with Crippen LogP contribution in [-0.4, -0.2) is 26.2 Å². The second-order valence-corrected chi connectivity index (χ2v) is 8.45. The largest absolute Gasteiger partial charge is 0.495 e. The number of methoxy groups -OCH3 is 1. The maximum absolute atomic E-state index is 13.4. The van der Waals surface area contributed by atoms with E-state index in [4.69, 9.17) is 10.5 Å². The van der Waals surface area contributed by atoms with Crippen LogP contribution in [0.25, 0.3) is 32.9 Å². The number of hydrogen-bond acceptors (Lipinski definition) is 5. The first-order valence-corrected chi connectivity index (χ1v) is 9.80. The van der Waals surface area contributed by atoms with Crippen molar-refractivity contribution in [2.45, 2.75) is 24.8 Å². The fourth-order valence-corrected chi connectivity index (χ4v) is 5.17. The van der Waals surface area contributed by atoms with Gasteiger partial charge in [-0.1, -0.05) is 6.07 Å². The van der Waals surface area contributed by atoms with Gasteiger partial charge in [0, 0.05) is 29.7 Å². The van der Waals surface area contributed by atoms with E-state index in [0.29, 0.717) is 11.2 Å². The lowest BCUT2D eigenvalue weighted by atomic mass is 9.49. The summed E-state index contributed by atoms with van der Waals surface area (Å²) in [4.78, 5) is 21.9. The molecule has 29 heavy (non-hydrogen) atoms. The van der Waals surface area contributed by atoms with Gasteiger partial charge in [0.1, 0.15) is 23.5 Å². The monoisotopic (exact) mass is 387 g/mol. The van der Waals surface area contributed by atoms with Crippen LogP contribution in [0.15, 0.2) is 41.7 Å². The van der Waals surface area contributed by atoms with E-state index in [0.717, 1.165) is 58.5 Å². The van der Waals surface area contributed by atoms with Gasteiger partial charge in [-0.25, -0.2) is 9.97 Å². The molecule has 3 saturated carbocycles. The summed E-state index contributed by atoms with van der Waals surface area (Å²) in [5, 5.41) is 2.30. The number of rotatable bonds is 3. The van der Waals surface area contributed by atoms with Crippen molar-refractivity contribution in [3.05, 3.63) is 47.3 Å². The Morgan fingerprint density at radius 3 is 2.66 bits per heavy atom. The van der Waals surface area contributed by atoms with Gasteiger partial charge in [-0.3, -0.25) is 4.79 Å². The predicted octanol–water partition coefficient (Wildman–Crippen LogP) is 3.05. The van der Waals surface area contributed by atoms with E-state index < -0.39 is 0 Å². The zero-order valence-electron chi connectivity index (χ0n) is 16.3. The van der Waals surface area contributed by atoms with Crippen LogP contribution in [0.4, 0.5) is 5.82 Å². The highest BCUT2D eigenvalue weighted by atomic mass is 16.5. The van der Waals surface area contributed by atoms with Crippen LogP contribution >= 0.6 is 0 Å². The van der Waals surface area contributed by atoms with Crippen LogP contribution in [0.1, 0.15) is 19.3 Å². The van der Waals surface area contributed by atoms with Gasteiger partial charge in [0.15, 0.2) is 0 Å². The van der Waals surface area contributed by atoms with Crippen molar-refractivity contribution in [3.8, 4) is 16.9 Å². The van der Waals surface area contributed by atoms with Gasteiger partial charge in [0.2, 0.25) is 0 Å². The third-order valence-corrected chi connectivity index (χ3v) is 6.81. The number of anilines is 1. The molecule has 0 spiro atoms. The summed E-state index contributed by atoms with van der Waals surface area (Å²) in [7, 11) is 3.58. The first kappa shape index (κ1) is 16.6. The van der Waals surface area contributed by atoms with E-state index in [1.807, 2.05) is 46.8 Å². The number of ether oxygens (including phenoxy) is 1. The van der Waals surface area contributed by atoms with Crippen molar-refractivity contribution in [1.29, 1.82) is 0 Å². The molecule has 0 unspecified atom stereocenters. The minimum atomic E-state index is -0.00304. The van der Waals surface area contributed by atoms with E-state index >= 15 is 0 Å². The third-order valence-electron chi connectivity index (χ3n) is 6.81. The molecule has 3 fully saturated rings. The average molecular weight is 387 g/mol. The number of pyridine rings is 1. The van der Waals surface area contributed by atoms with Crippen LogP contribution in [-0.2, 0) is 12.6 Å². The van der Waals surface area contributed by atoms with Gasteiger partial charge in [-0.05, 0) is 42.9 Å². The van der Waals surface area contributed by atoms with E-state index in [1.54, 1.807) is 7.11 Å². The summed E-state index contributed by atoms with van der Waals surface area (Å²) in [6.45, 7) is 0. The summed E-state index contributed by atoms with van der Waals surface area (Å²) in [5.74, 6) is 1.95. The van der Waals surface area contributed by atoms with Gasteiger partial charge in [-0.15, -0.1) is 0 Å². The van der Waals surface area contributed by atoms with Crippen LogP contribution in [0.3, 0.4) is 0 Å². The molecule has 7 heteroatoms. The molecule has 2 N–H and O–H groups in total. The van der Waals surface area contributed by atoms with E-state index in [1.165, 1.54) is 6.33 Å². The van der Waals surface area contributed by atoms with Crippen molar-refractivity contribution in [1.82, 2.24) is 19.1 Å². The Kier molecular flexibility index (Phi) is 3.07. The highest BCUT2D eigenvalue weighted by Crippen LogP contribution is 2.62. The van der Waals surface area contributed by atoms with Gasteiger partial charge >= 0.3 is 0 Å². The molecule has 4 aromatic rings. The smallest absolute Gasteiger partial charge is 0.259 e. The second-order valence-electron chi connectivity index (χ2n) is 8.45. The van der Waals surface area contributed by atoms with E-state index in [9.17, 15) is 4.79 Å². The summed E-state index contributed by atoms with van der Waals surface area (Å²) in [5.41, 5.74) is 8.80. The van der Waals surface area contributed by atoms with Crippen LogP contribution in [0.2, 0.25) is 0 Å². The minimum absolute atomic E-state index is 0.00304. The molecule has 3 aromatic heterocycles. The van der Waals surface area contributed by atoms with Crippen LogP contribution in [0, 0.1) is 5.92 Å². The molecule has 1 aromatic carbocycles. The molecule has 0 saturated heterocycles. The first-order valence-electron chi connectivity index (χ1n) is 9.80. The number of nitrogens with zero attached hydrogens (tertiary/aromatic N) is 4. The Morgan fingerprint density at radius 2 is 1.97 bits per heavy atom. The topological polar surface area (TPSA) is 88.0 Å². The Hall–Kier alpha value is -3.35. The maximum Gasteiger partial charge on any atom is 0.259 e. The maximum atomic E-state index is 13.4. The quantitative estimate of drug-likeness (QED) is 0.584. The fourth-order valence-electron chi connectivity index (χ4n) is 5.17. The number of aromatic nitrogens is 4. The van der Waals surface area contributed by atoms with Gasteiger partial charge < -0.3 is 19.6 Å². The number of nitrogen functional groups attached to an aromatic ring is 1. The molecule has 0 aliphatic heterocycles. The molecule has 3 heterocycles. The van der Waals surface area contributed by atoms with Crippen molar-refractivity contribution in [2.75, 3.05) is 12.8 Å². The molecule has 0 amide bonds.